The minimum atomic E-state index is -1.79. The summed E-state index contributed by atoms with van der Waals surface area (Å²) in [5.41, 5.74) is 0. The molecule has 0 aliphatic heterocycles. The van der Waals surface area contributed by atoms with Crippen molar-refractivity contribution in [1.82, 2.24) is 0 Å². The fourth-order valence-corrected chi connectivity index (χ4v) is 0.618. The number of aliphatic hydroxyl groups is 5. The van der Waals surface area contributed by atoms with Crippen molar-refractivity contribution < 1.29 is 52.0 Å². The molecule has 0 spiro atoms. The van der Waals surface area contributed by atoms with Crippen LogP contribution in [0.3, 0.4) is 0 Å². The summed E-state index contributed by atoms with van der Waals surface area (Å²) in [4.78, 5) is 9.90. The van der Waals surface area contributed by atoms with Crippen LogP contribution in [0.15, 0.2) is 0 Å². The molecule has 0 amide bonds. The van der Waals surface area contributed by atoms with Gasteiger partial charge in [-0.1, -0.05) is 0 Å². The summed E-state index contributed by atoms with van der Waals surface area (Å²) < 4.78 is 0. The number of rotatable bonds is 5. The molecular weight excluding hydrogens is 216 g/mol. The first-order valence-corrected chi connectivity index (χ1v) is 3.33. The Morgan fingerprint density at radius 2 is 1.54 bits per heavy atom. The van der Waals surface area contributed by atoms with Gasteiger partial charge in [-0.25, -0.2) is 0 Å². The van der Waals surface area contributed by atoms with Gasteiger partial charge in [-0.3, -0.25) is 0 Å². The topological polar surface area (TPSA) is 118 Å². The maximum absolute atomic E-state index is 9.90. The largest absolute Gasteiger partial charge is 0.394 e. The first-order valence-electron chi connectivity index (χ1n) is 3.33. The Labute approximate surface area is 89.7 Å². The Hall–Kier alpha value is 0.184. The van der Waals surface area contributed by atoms with Crippen molar-refractivity contribution in [3.05, 3.63) is 0 Å². The van der Waals surface area contributed by atoms with Crippen molar-refractivity contribution in [3.8, 4) is 0 Å². The number of carbonyl (C=O) groups is 1. The summed E-state index contributed by atoms with van der Waals surface area (Å²) in [6, 6.07) is 0. The molecule has 0 aromatic heterocycles. The number of hydrogen-bond donors (Lipinski definition) is 5. The second-order valence-electron chi connectivity index (χ2n) is 2.36. The van der Waals surface area contributed by atoms with Crippen molar-refractivity contribution in [2.24, 2.45) is 0 Å². The van der Waals surface area contributed by atoms with E-state index in [1.807, 2.05) is 0 Å². The number of hydrogen-bond acceptors (Lipinski definition) is 6. The van der Waals surface area contributed by atoms with Crippen LogP contribution in [0.1, 0.15) is 0 Å². The molecule has 0 saturated carbocycles. The van der Waals surface area contributed by atoms with Crippen LogP contribution in [-0.4, -0.2) is 62.8 Å². The molecule has 4 atom stereocenters. The average Bonchev–Trinajstić information content (AvgIpc) is 2.12. The van der Waals surface area contributed by atoms with Crippen molar-refractivity contribution in [2.45, 2.75) is 24.4 Å². The fraction of sp³-hybridized carbons (Fsp3) is 0.833. The smallest absolute Gasteiger partial charge is 0.151 e. The van der Waals surface area contributed by atoms with Gasteiger partial charge in [-0.05, 0) is 0 Å². The second-order valence-corrected chi connectivity index (χ2v) is 2.36. The maximum Gasteiger partial charge on any atom is 0.151 e. The van der Waals surface area contributed by atoms with Crippen molar-refractivity contribution >= 4 is 6.29 Å². The van der Waals surface area contributed by atoms with Crippen LogP contribution in [0.4, 0.5) is 0 Å². The Bertz CT molecular complexity index is 143. The van der Waals surface area contributed by atoms with Crippen LogP contribution in [0, 0.1) is 0 Å². The van der Waals surface area contributed by atoms with Crippen LogP contribution in [-0.2, 0) is 26.5 Å². The van der Waals surface area contributed by atoms with Crippen molar-refractivity contribution in [3.63, 3.8) is 0 Å². The first-order chi connectivity index (χ1) is 5.54. The van der Waals surface area contributed by atoms with E-state index in [0.717, 1.165) is 0 Å². The molecule has 13 heavy (non-hydrogen) atoms. The van der Waals surface area contributed by atoms with E-state index in [1.165, 1.54) is 0 Å². The molecule has 0 aromatic rings. The fourth-order valence-electron chi connectivity index (χ4n) is 0.618. The Balaban J connectivity index is 0. The average molecular weight is 228 g/mol. The molecule has 7 heteroatoms. The standard InChI is InChI=1S/C6H12O6.Ti/c7-1-3(9)5(11)6(12)4(10)2-8;/h1,3-6,8-12H,2H2;/t3-,4+,5+,6+;/m0./s1. The Morgan fingerprint density at radius 1 is 1.08 bits per heavy atom. The molecular formula is C6H12O6Ti. The maximum atomic E-state index is 9.90. The molecule has 0 aliphatic rings. The minimum Gasteiger partial charge on any atom is -0.394 e. The molecule has 0 fully saturated rings. The summed E-state index contributed by atoms with van der Waals surface area (Å²) in [6.07, 6.45) is -6.84. The summed E-state index contributed by atoms with van der Waals surface area (Å²) >= 11 is 0. The number of aliphatic hydroxyl groups excluding tert-OH is 5. The third kappa shape index (κ3) is 4.82. The van der Waals surface area contributed by atoms with Gasteiger partial charge in [0.1, 0.15) is 24.4 Å². The third-order valence-corrected chi connectivity index (χ3v) is 1.42. The predicted molar refractivity (Wildman–Crippen MR) is 37.2 cm³/mol. The Morgan fingerprint density at radius 3 is 1.85 bits per heavy atom. The quantitative estimate of drug-likeness (QED) is 0.247. The predicted octanol–water partition coefficient (Wildman–Crippen LogP) is -3.38. The van der Waals surface area contributed by atoms with Crippen molar-refractivity contribution in [1.29, 1.82) is 0 Å². The molecule has 0 aromatic carbocycles. The summed E-state index contributed by atoms with van der Waals surface area (Å²) in [7, 11) is 0. The van der Waals surface area contributed by atoms with Gasteiger partial charge in [0.05, 0.1) is 6.61 Å². The SMILES string of the molecule is O=C[C@H](O)[C@@H](O)[C@H](O)[C@H](O)CO.[Ti]. The van der Waals surface area contributed by atoms with Crippen molar-refractivity contribution in [2.75, 3.05) is 6.61 Å². The molecule has 0 heterocycles. The van der Waals surface area contributed by atoms with Gasteiger partial charge >= 0.3 is 0 Å². The zero-order valence-electron chi connectivity index (χ0n) is 6.74. The van der Waals surface area contributed by atoms with Crippen LogP contribution in [0.2, 0.25) is 0 Å². The molecule has 76 valence electrons. The normalized spacial score (nSPS) is 19.5. The molecule has 6 nitrogen and oxygen atoms in total. The van der Waals surface area contributed by atoms with Gasteiger partial charge in [0.2, 0.25) is 0 Å². The zero-order chi connectivity index (χ0) is 9.72. The van der Waals surface area contributed by atoms with E-state index in [1.54, 1.807) is 0 Å². The van der Waals surface area contributed by atoms with E-state index in [-0.39, 0.29) is 28.0 Å². The summed E-state index contributed by atoms with van der Waals surface area (Å²) in [5, 5.41) is 43.5. The van der Waals surface area contributed by atoms with Crippen LogP contribution < -0.4 is 0 Å². The van der Waals surface area contributed by atoms with E-state index in [0.29, 0.717) is 0 Å². The summed E-state index contributed by atoms with van der Waals surface area (Å²) in [5.74, 6) is 0. The Kier molecular flexibility index (Phi) is 9.12. The van der Waals surface area contributed by atoms with Gasteiger partial charge in [0.25, 0.3) is 0 Å². The van der Waals surface area contributed by atoms with Gasteiger partial charge in [0.15, 0.2) is 6.29 Å². The van der Waals surface area contributed by atoms with Crippen LogP contribution >= 0.6 is 0 Å². The molecule has 0 saturated heterocycles. The van der Waals surface area contributed by atoms with E-state index < -0.39 is 31.0 Å². The van der Waals surface area contributed by atoms with Gasteiger partial charge in [-0.15, -0.1) is 0 Å². The second kappa shape index (κ2) is 7.58. The monoisotopic (exact) mass is 228 g/mol. The molecule has 0 unspecified atom stereocenters. The molecule has 0 bridgehead atoms. The molecule has 0 aliphatic carbocycles. The van der Waals surface area contributed by atoms with Gasteiger partial charge in [0, 0.05) is 21.7 Å². The van der Waals surface area contributed by atoms with E-state index in [9.17, 15) is 4.79 Å². The van der Waals surface area contributed by atoms with E-state index >= 15 is 0 Å². The van der Waals surface area contributed by atoms with Crippen LogP contribution in [0.25, 0.3) is 0 Å². The van der Waals surface area contributed by atoms with E-state index in [2.05, 4.69) is 0 Å². The molecule has 0 rings (SSSR count). The molecule has 0 radical (unpaired) electrons. The van der Waals surface area contributed by atoms with E-state index in [4.69, 9.17) is 25.5 Å². The zero-order valence-corrected chi connectivity index (χ0v) is 8.30. The number of aldehydes is 1. The minimum absolute atomic E-state index is 0. The van der Waals surface area contributed by atoms with Gasteiger partial charge in [-0.2, -0.15) is 0 Å². The first kappa shape index (κ1) is 15.6. The summed E-state index contributed by atoms with van der Waals surface area (Å²) in [6.45, 7) is -0.760. The van der Waals surface area contributed by atoms with Crippen LogP contribution in [0.5, 0.6) is 0 Å². The van der Waals surface area contributed by atoms with Gasteiger partial charge < -0.3 is 30.3 Å². The number of carbonyl (C=O) groups excluding carboxylic acids is 1. The molecule has 5 N–H and O–H groups in total. The third-order valence-electron chi connectivity index (χ3n) is 1.42.